The van der Waals surface area contributed by atoms with Crippen molar-refractivity contribution in [3.63, 3.8) is 0 Å². The molecule has 0 aliphatic carbocycles. The van der Waals surface area contributed by atoms with Crippen LogP contribution in [0.1, 0.15) is 4.88 Å². The van der Waals surface area contributed by atoms with Crippen molar-refractivity contribution in [2.75, 3.05) is 28.2 Å². The van der Waals surface area contributed by atoms with E-state index in [-0.39, 0.29) is 4.21 Å². The molecule has 0 spiro atoms. The van der Waals surface area contributed by atoms with Crippen LogP contribution in [0.2, 0.25) is 0 Å². The summed E-state index contributed by atoms with van der Waals surface area (Å²) >= 11 is 1.02. The van der Waals surface area contributed by atoms with Crippen molar-refractivity contribution >= 4 is 37.5 Å². The van der Waals surface area contributed by atoms with Gasteiger partial charge in [0.05, 0.1) is 0 Å². The minimum absolute atomic E-state index is 0.180. The summed E-state index contributed by atoms with van der Waals surface area (Å²) in [5.41, 5.74) is 0. The molecule has 0 saturated carbocycles. The third-order valence-electron chi connectivity index (χ3n) is 2.25. The van der Waals surface area contributed by atoms with E-state index in [1.165, 1.54) is 40.3 Å². The molecule has 0 atom stereocenters. The fourth-order valence-electron chi connectivity index (χ4n) is 1.02. The summed E-state index contributed by atoms with van der Waals surface area (Å²) in [6.07, 6.45) is 1.38. The molecule has 0 N–H and O–H groups in total. The van der Waals surface area contributed by atoms with Gasteiger partial charge in [0.15, 0.2) is 0 Å². The second-order valence-electron chi connectivity index (χ2n) is 4.07. The number of sulfonamides is 2. The second kappa shape index (κ2) is 5.71. The maximum atomic E-state index is 11.8. The van der Waals surface area contributed by atoms with Crippen LogP contribution in [-0.4, -0.2) is 53.6 Å². The van der Waals surface area contributed by atoms with Crippen LogP contribution in [0, 0.1) is 0 Å². The maximum Gasteiger partial charge on any atom is 0.252 e. The molecule has 0 aliphatic heterocycles. The molecular formula is C10H16N2O4S3. The molecule has 1 aromatic rings. The molecule has 19 heavy (non-hydrogen) atoms. The molecule has 0 aliphatic rings. The van der Waals surface area contributed by atoms with Gasteiger partial charge in [-0.1, -0.05) is 0 Å². The van der Waals surface area contributed by atoms with Crippen LogP contribution in [-0.2, 0) is 20.0 Å². The molecule has 0 radical (unpaired) electrons. The molecule has 0 unspecified atom stereocenters. The molecule has 0 saturated heterocycles. The molecule has 0 aromatic carbocycles. The maximum absolute atomic E-state index is 11.8. The first kappa shape index (κ1) is 16.3. The van der Waals surface area contributed by atoms with Gasteiger partial charge in [-0.05, 0) is 18.2 Å². The molecule has 1 aromatic heterocycles. The number of rotatable bonds is 5. The SMILES string of the molecule is CN(C)S(=O)(=O)/C=C\c1ccc(S(=O)(=O)N(C)C)s1. The first-order chi connectivity index (χ1) is 8.57. The Morgan fingerprint density at radius 2 is 1.58 bits per heavy atom. The van der Waals surface area contributed by atoms with Crippen LogP contribution in [0.3, 0.4) is 0 Å². The summed E-state index contributed by atoms with van der Waals surface area (Å²) in [4.78, 5) is 0.561. The Morgan fingerprint density at radius 1 is 1.00 bits per heavy atom. The van der Waals surface area contributed by atoms with Crippen LogP contribution in [0.5, 0.6) is 0 Å². The smallest absolute Gasteiger partial charge is 0.208 e. The van der Waals surface area contributed by atoms with E-state index in [1.54, 1.807) is 6.07 Å². The third-order valence-corrected chi connectivity index (χ3v) is 7.08. The summed E-state index contributed by atoms with van der Waals surface area (Å²) in [7, 11) is -1.16. The van der Waals surface area contributed by atoms with Crippen molar-refractivity contribution in [2.45, 2.75) is 4.21 Å². The van der Waals surface area contributed by atoms with E-state index in [9.17, 15) is 16.8 Å². The molecule has 0 amide bonds. The van der Waals surface area contributed by atoms with Crippen molar-refractivity contribution in [3.05, 3.63) is 22.4 Å². The van der Waals surface area contributed by atoms with Gasteiger partial charge in [0.1, 0.15) is 4.21 Å². The summed E-state index contributed by atoms with van der Waals surface area (Å²) in [6.45, 7) is 0. The van der Waals surface area contributed by atoms with Gasteiger partial charge in [-0.15, -0.1) is 11.3 Å². The summed E-state index contributed by atoms with van der Waals surface area (Å²) in [5.74, 6) is 0. The molecule has 6 nitrogen and oxygen atoms in total. The highest BCUT2D eigenvalue weighted by Gasteiger charge is 2.19. The zero-order chi connectivity index (χ0) is 14.8. The van der Waals surface area contributed by atoms with Gasteiger partial charge in [-0.3, -0.25) is 0 Å². The largest absolute Gasteiger partial charge is 0.252 e. The summed E-state index contributed by atoms with van der Waals surface area (Å²) in [5, 5.41) is 1.05. The zero-order valence-electron chi connectivity index (χ0n) is 11.1. The lowest BCUT2D eigenvalue weighted by Crippen LogP contribution is -2.21. The van der Waals surface area contributed by atoms with E-state index in [0.29, 0.717) is 4.88 Å². The predicted molar refractivity (Wildman–Crippen MR) is 76.8 cm³/mol. The lowest BCUT2D eigenvalue weighted by atomic mass is 10.5. The highest BCUT2D eigenvalue weighted by Crippen LogP contribution is 2.24. The molecule has 9 heteroatoms. The number of nitrogens with zero attached hydrogens (tertiary/aromatic N) is 2. The van der Waals surface area contributed by atoms with E-state index in [4.69, 9.17) is 0 Å². The van der Waals surface area contributed by atoms with Gasteiger partial charge >= 0.3 is 0 Å². The van der Waals surface area contributed by atoms with Crippen molar-refractivity contribution in [1.29, 1.82) is 0 Å². The van der Waals surface area contributed by atoms with Crippen LogP contribution in [0.15, 0.2) is 21.7 Å². The summed E-state index contributed by atoms with van der Waals surface area (Å²) in [6, 6.07) is 3.03. The highest BCUT2D eigenvalue weighted by atomic mass is 32.2. The Balaban J connectivity index is 3.04. The fourth-order valence-corrected chi connectivity index (χ4v) is 4.06. The van der Waals surface area contributed by atoms with Crippen molar-refractivity contribution in [2.24, 2.45) is 0 Å². The number of thiophene rings is 1. The molecule has 0 bridgehead atoms. The van der Waals surface area contributed by atoms with E-state index >= 15 is 0 Å². The van der Waals surface area contributed by atoms with E-state index in [1.807, 2.05) is 0 Å². The van der Waals surface area contributed by atoms with Crippen LogP contribution in [0.25, 0.3) is 6.08 Å². The van der Waals surface area contributed by atoms with Crippen molar-refractivity contribution in [1.82, 2.24) is 8.61 Å². The predicted octanol–water partition coefficient (Wildman–Crippen LogP) is 0.861. The second-order valence-corrected chi connectivity index (χ2v) is 9.60. The van der Waals surface area contributed by atoms with Crippen LogP contribution < -0.4 is 0 Å². The van der Waals surface area contributed by atoms with Gasteiger partial charge in [-0.25, -0.2) is 25.4 Å². The topological polar surface area (TPSA) is 74.8 Å². The average molecular weight is 324 g/mol. The zero-order valence-corrected chi connectivity index (χ0v) is 13.5. The van der Waals surface area contributed by atoms with E-state index < -0.39 is 20.0 Å². The Hall–Kier alpha value is -0.740. The Kier molecular flexibility index (Phi) is 4.91. The summed E-state index contributed by atoms with van der Waals surface area (Å²) < 4.78 is 49.1. The normalized spacial score (nSPS) is 13.8. The Morgan fingerprint density at radius 3 is 2.05 bits per heavy atom. The van der Waals surface area contributed by atoms with E-state index in [2.05, 4.69) is 0 Å². The number of hydrogen-bond donors (Lipinski definition) is 0. The van der Waals surface area contributed by atoms with Crippen LogP contribution in [0.4, 0.5) is 0 Å². The first-order valence-electron chi connectivity index (χ1n) is 5.20. The standard InChI is InChI=1S/C10H16N2O4S3/c1-11(2)18(13,14)8-7-9-5-6-10(17-9)19(15,16)12(3)4/h5-8H,1-4H3/b8-7-. The lowest BCUT2D eigenvalue weighted by molar-refractivity contribution is 0.523. The van der Waals surface area contributed by atoms with E-state index in [0.717, 1.165) is 25.4 Å². The van der Waals surface area contributed by atoms with Crippen LogP contribution >= 0.6 is 11.3 Å². The number of hydrogen-bond acceptors (Lipinski definition) is 5. The molecule has 108 valence electrons. The van der Waals surface area contributed by atoms with Gasteiger partial charge in [0.2, 0.25) is 10.0 Å². The first-order valence-corrected chi connectivity index (χ1v) is 8.96. The Labute approximate surface area is 118 Å². The highest BCUT2D eigenvalue weighted by molar-refractivity contribution is 7.92. The van der Waals surface area contributed by atoms with Gasteiger partial charge in [0, 0.05) is 38.5 Å². The fraction of sp³-hybridized carbons (Fsp3) is 0.400. The van der Waals surface area contributed by atoms with Gasteiger partial charge in [0.25, 0.3) is 10.0 Å². The molecule has 1 heterocycles. The minimum Gasteiger partial charge on any atom is -0.208 e. The Bertz CT molecular complexity index is 669. The third kappa shape index (κ3) is 3.86. The molecule has 0 fully saturated rings. The van der Waals surface area contributed by atoms with Crippen molar-refractivity contribution in [3.8, 4) is 0 Å². The van der Waals surface area contributed by atoms with Gasteiger partial charge < -0.3 is 0 Å². The molecule has 1 rings (SSSR count). The van der Waals surface area contributed by atoms with Crippen molar-refractivity contribution < 1.29 is 16.8 Å². The lowest BCUT2D eigenvalue weighted by Gasteiger charge is -2.08. The quantitative estimate of drug-likeness (QED) is 0.805. The average Bonchev–Trinajstić information content (AvgIpc) is 2.75. The monoisotopic (exact) mass is 324 g/mol. The van der Waals surface area contributed by atoms with Gasteiger partial charge in [-0.2, -0.15) is 0 Å². The minimum atomic E-state index is -3.47. The molecular weight excluding hydrogens is 308 g/mol.